The predicted molar refractivity (Wildman–Crippen MR) is 130 cm³/mol. The molecule has 2 N–H and O–H groups in total. The predicted octanol–water partition coefficient (Wildman–Crippen LogP) is 3.88. The van der Waals surface area contributed by atoms with Crippen LogP contribution in [0.3, 0.4) is 0 Å². The van der Waals surface area contributed by atoms with Gasteiger partial charge in [-0.2, -0.15) is 0 Å². The van der Waals surface area contributed by atoms with Gasteiger partial charge in [-0.05, 0) is 63.1 Å². The lowest BCUT2D eigenvalue weighted by molar-refractivity contribution is 0.101. The van der Waals surface area contributed by atoms with Crippen molar-refractivity contribution in [3.63, 3.8) is 0 Å². The molecule has 0 aliphatic carbocycles. The molecule has 0 spiro atoms. The van der Waals surface area contributed by atoms with Crippen molar-refractivity contribution in [3.05, 3.63) is 86.3 Å². The molecule has 2 aromatic heterocycles. The van der Waals surface area contributed by atoms with Crippen molar-refractivity contribution >= 4 is 43.2 Å². The number of fused-ring (bicyclic) bond motifs is 1. The number of benzene rings is 2. The number of hydrogen-bond acceptors (Lipinski definition) is 6. The Hall–Kier alpha value is -3.50. The Kier molecular flexibility index (Phi) is 5.81. The van der Waals surface area contributed by atoms with Crippen molar-refractivity contribution in [2.45, 2.75) is 32.6 Å². The average Bonchev–Trinajstić information content (AvgIpc) is 3.06. The molecule has 0 bridgehead atoms. The van der Waals surface area contributed by atoms with Crippen LogP contribution in [0.25, 0.3) is 10.2 Å². The Morgan fingerprint density at radius 3 is 2.42 bits per heavy atom. The van der Waals surface area contributed by atoms with E-state index in [-0.39, 0.29) is 10.5 Å². The first-order chi connectivity index (χ1) is 15.6. The summed E-state index contributed by atoms with van der Waals surface area (Å²) < 4.78 is 29.5. The molecule has 8 nitrogen and oxygen atoms in total. The van der Waals surface area contributed by atoms with Crippen molar-refractivity contribution in [2.75, 3.05) is 10.1 Å². The molecule has 0 aliphatic heterocycles. The van der Waals surface area contributed by atoms with Crippen molar-refractivity contribution < 1.29 is 13.2 Å². The van der Waals surface area contributed by atoms with Crippen LogP contribution in [-0.2, 0) is 10.0 Å². The maximum absolute atomic E-state index is 13.0. The summed E-state index contributed by atoms with van der Waals surface area (Å²) in [6.07, 6.45) is 1.25. The van der Waals surface area contributed by atoms with Crippen molar-refractivity contribution in [1.82, 2.24) is 9.66 Å². The van der Waals surface area contributed by atoms with Gasteiger partial charge in [-0.25, -0.2) is 18.1 Å². The molecular formula is C23H22N4O4S2. The second-order valence-corrected chi connectivity index (χ2v) is 10.6. The van der Waals surface area contributed by atoms with Crippen LogP contribution >= 0.6 is 11.3 Å². The van der Waals surface area contributed by atoms with Gasteiger partial charge in [-0.15, -0.1) is 11.3 Å². The van der Waals surface area contributed by atoms with E-state index in [4.69, 9.17) is 0 Å². The normalized spacial score (nSPS) is 11.5. The summed E-state index contributed by atoms with van der Waals surface area (Å²) >= 11 is 1.41. The van der Waals surface area contributed by atoms with E-state index < -0.39 is 21.5 Å². The second-order valence-electron chi connectivity index (χ2n) is 7.78. The number of anilines is 1. The summed E-state index contributed by atoms with van der Waals surface area (Å²) in [6.45, 7) is 7.30. The quantitative estimate of drug-likeness (QED) is 0.449. The number of sulfonamides is 1. The van der Waals surface area contributed by atoms with Gasteiger partial charge < -0.3 is 0 Å². The highest BCUT2D eigenvalue weighted by atomic mass is 32.2. The molecule has 170 valence electrons. The zero-order chi connectivity index (χ0) is 23.9. The summed E-state index contributed by atoms with van der Waals surface area (Å²) in [5.41, 5.74) is 4.93. The van der Waals surface area contributed by atoms with Crippen LogP contribution in [0.1, 0.15) is 31.9 Å². The first kappa shape index (κ1) is 22.7. The van der Waals surface area contributed by atoms with E-state index in [1.54, 1.807) is 37.3 Å². The summed E-state index contributed by atoms with van der Waals surface area (Å²) in [6, 6.07) is 11.3. The van der Waals surface area contributed by atoms with Crippen LogP contribution < -0.4 is 15.7 Å². The highest BCUT2D eigenvalue weighted by molar-refractivity contribution is 7.92. The molecular weight excluding hydrogens is 460 g/mol. The number of aromatic nitrogens is 2. The van der Waals surface area contributed by atoms with Gasteiger partial charge in [0.25, 0.3) is 21.5 Å². The van der Waals surface area contributed by atoms with E-state index in [1.165, 1.54) is 29.8 Å². The molecule has 0 atom stereocenters. The number of amides is 1. The highest BCUT2D eigenvalue weighted by Crippen LogP contribution is 2.25. The van der Waals surface area contributed by atoms with E-state index in [0.717, 1.165) is 20.7 Å². The topological polar surface area (TPSA) is 110 Å². The van der Waals surface area contributed by atoms with Gasteiger partial charge in [0, 0.05) is 16.1 Å². The molecule has 2 aromatic carbocycles. The van der Waals surface area contributed by atoms with Crippen LogP contribution in [-0.4, -0.2) is 24.0 Å². The zero-order valence-corrected chi connectivity index (χ0v) is 20.1. The van der Waals surface area contributed by atoms with Gasteiger partial charge in [0.1, 0.15) is 11.2 Å². The monoisotopic (exact) mass is 482 g/mol. The Bertz CT molecular complexity index is 1550. The van der Waals surface area contributed by atoms with E-state index in [0.29, 0.717) is 21.5 Å². The smallest absolute Gasteiger partial charge is 0.280 e. The Morgan fingerprint density at radius 2 is 1.73 bits per heavy atom. The van der Waals surface area contributed by atoms with Crippen LogP contribution in [0.4, 0.5) is 5.69 Å². The number of carbonyl (C=O) groups excluding carboxylic acids is 1. The largest absolute Gasteiger partial charge is 0.281 e. The minimum absolute atomic E-state index is 0.0269. The standard InChI is InChI=1S/C23H22N4O4S2/c1-13-5-9-18(10-6-13)26-33(30,31)19-11-17(8-7-14(19)2)21(28)25-27-12-24-22-20(23(27)29)15(3)16(4)32-22/h5-12,26H,1-4H3,(H,25,28). The molecule has 4 aromatic rings. The third-order valence-corrected chi connectivity index (χ3v) is 7.99. The first-order valence-electron chi connectivity index (χ1n) is 10.1. The van der Waals surface area contributed by atoms with Crippen molar-refractivity contribution in [1.29, 1.82) is 0 Å². The lowest BCUT2D eigenvalue weighted by Crippen LogP contribution is -2.33. The van der Waals surface area contributed by atoms with Crippen molar-refractivity contribution in [3.8, 4) is 0 Å². The van der Waals surface area contributed by atoms with Gasteiger partial charge in [0.2, 0.25) is 0 Å². The lowest BCUT2D eigenvalue weighted by Gasteiger charge is -2.13. The molecule has 0 radical (unpaired) electrons. The molecule has 0 saturated carbocycles. The molecule has 2 heterocycles. The first-order valence-corrected chi connectivity index (χ1v) is 12.4. The van der Waals surface area contributed by atoms with E-state index in [1.807, 2.05) is 20.8 Å². The molecule has 4 rings (SSSR count). The Morgan fingerprint density at radius 1 is 1.03 bits per heavy atom. The fraction of sp³-hybridized carbons (Fsp3) is 0.174. The third-order valence-electron chi connectivity index (χ3n) is 5.36. The number of rotatable bonds is 5. The number of aryl methyl sites for hydroxylation is 4. The Labute approximate surface area is 194 Å². The van der Waals surface area contributed by atoms with Crippen LogP contribution in [0.15, 0.2) is 58.5 Å². The SMILES string of the molecule is Cc1ccc(NS(=O)(=O)c2cc(C(=O)Nn3cnc4sc(C)c(C)c4c3=O)ccc2C)cc1. The minimum Gasteiger partial charge on any atom is -0.280 e. The van der Waals surface area contributed by atoms with Gasteiger partial charge in [-0.3, -0.25) is 19.7 Å². The number of nitrogens with one attached hydrogen (secondary N) is 2. The van der Waals surface area contributed by atoms with Gasteiger partial charge in [-0.1, -0.05) is 23.8 Å². The average molecular weight is 483 g/mol. The zero-order valence-electron chi connectivity index (χ0n) is 18.5. The van der Waals surface area contributed by atoms with E-state index in [9.17, 15) is 18.0 Å². The second kappa shape index (κ2) is 8.45. The molecule has 33 heavy (non-hydrogen) atoms. The summed E-state index contributed by atoms with van der Waals surface area (Å²) in [4.78, 5) is 31.5. The van der Waals surface area contributed by atoms with Crippen LogP contribution in [0.5, 0.6) is 0 Å². The van der Waals surface area contributed by atoms with Gasteiger partial charge in [0.05, 0.1) is 10.3 Å². The Balaban J connectivity index is 1.65. The maximum Gasteiger partial charge on any atom is 0.281 e. The fourth-order valence-corrected chi connectivity index (χ4v) is 5.67. The van der Waals surface area contributed by atoms with Crippen LogP contribution in [0.2, 0.25) is 0 Å². The molecule has 10 heteroatoms. The minimum atomic E-state index is -3.94. The fourth-order valence-electron chi connectivity index (χ4n) is 3.35. The number of carbonyl (C=O) groups is 1. The molecule has 0 fully saturated rings. The molecule has 0 unspecified atom stereocenters. The lowest BCUT2D eigenvalue weighted by atomic mass is 10.1. The third kappa shape index (κ3) is 4.39. The van der Waals surface area contributed by atoms with Gasteiger partial charge in [0.15, 0.2) is 0 Å². The highest BCUT2D eigenvalue weighted by Gasteiger charge is 2.20. The maximum atomic E-state index is 13.0. The molecule has 0 aliphatic rings. The summed E-state index contributed by atoms with van der Waals surface area (Å²) in [7, 11) is -3.94. The van der Waals surface area contributed by atoms with E-state index >= 15 is 0 Å². The molecule has 1 amide bonds. The van der Waals surface area contributed by atoms with Crippen LogP contribution in [0, 0.1) is 27.7 Å². The number of thiophene rings is 1. The number of nitrogens with zero attached hydrogens (tertiary/aromatic N) is 2. The van der Waals surface area contributed by atoms with Gasteiger partial charge >= 0.3 is 0 Å². The number of hydrogen-bond donors (Lipinski definition) is 2. The summed E-state index contributed by atoms with van der Waals surface area (Å²) in [5.74, 6) is -0.630. The molecule has 0 saturated heterocycles. The van der Waals surface area contributed by atoms with Crippen molar-refractivity contribution in [2.24, 2.45) is 0 Å². The summed E-state index contributed by atoms with van der Waals surface area (Å²) in [5, 5.41) is 0.453. The van der Waals surface area contributed by atoms with E-state index in [2.05, 4.69) is 15.1 Å².